The van der Waals surface area contributed by atoms with E-state index in [1.54, 1.807) is 11.4 Å². The SMILES string of the molecule is Cc1c(F)cc2sccc2c1F. The number of fused-ring (bicyclic) bond motifs is 1. The molecule has 0 saturated heterocycles. The number of benzene rings is 1. The van der Waals surface area contributed by atoms with Gasteiger partial charge in [-0.3, -0.25) is 0 Å². The summed E-state index contributed by atoms with van der Waals surface area (Å²) in [6, 6.07) is 3.04. The Morgan fingerprint density at radius 3 is 2.83 bits per heavy atom. The minimum Gasteiger partial charge on any atom is -0.207 e. The zero-order valence-corrected chi connectivity index (χ0v) is 7.21. The van der Waals surface area contributed by atoms with Gasteiger partial charge >= 0.3 is 0 Å². The van der Waals surface area contributed by atoms with Crippen LogP contribution < -0.4 is 0 Å². The minimum absolute atomic E-state index is 0.0981. The van der Waals surface area contributed by atoms with Gasteiger partial charge in [0.2, 0.25) is 0 Å². The van der Waals surface area contributed by atoms with E-state index in [0.29, 0.717) is 10.1 Å². The molecule has 1 heterocycles. The predicted molar refractivity (Wildman–Crippen MR) is 46.5 cm³/mol. The van der Waals surface area contributed by atoms with Crippen LogP contribution in [0.4, 0.5) is 8.78 Å². The van der Waals surface area contributed by atoms with Crippen LogP contribution in [0.15, 0.2) is 17.5 Å². The molecule has 0 fully saturated rings. The first-order chi connectivity index (χ1) is 5.70. The lowest BCUT2D eigenvalue weighted by molar-refractivity contribution is 0.577. The van der Waals surface area contributed by atoms with Crippen LogP contribution in [0.1, 0.15) is 5.56 Å². The number of hydrogen-bond donors (Lipinski definition) is 0. The summed E-state index contributed by atoms with van der Waals surface area (Å²) in [6.07, 6.45) is 0. The van der Waals surface area contributed by atoms with Crippen molar-refractivity contribution in [3.05, 3.63) is 34.7 Å². The van der Waals surface area contributed by atoms with Gasteiger partial charge in [-0.1, -0.05) is 0 Å². The molecule has 0 bridgehead atoms. The minimum atomic E-state index is -0.470. The van der Waals surface area contributed by atoms with Crippen molar-refractivity contribution < 1.29 is 8.78 Å². The summed E-state index contributed by atoms with van der Waals surface area (Å²) in [5.41, 5.74) is 0.0981. The van der Waals surface area contributed by atoms with E-state index in [1.807, 2.05) is 0 Å². The standard InChI is InChI=1S/C9H6F2S/c1-5-7(10)4-8-6(9(5)11)2-3-12-8/h2-4H,1H3. The average Bonchev–Trinajstić information content (AvgIpc) is 2.48. The van der Waals surface area contributed by atoms with E-state index in [-0.39, 0.29) is 5.56 Å². The van der Waals surface area contributed by atoms with E-state index in [0.717, 1.165) is 0 Å². The van der Waals surface area contributed by atoms with Crippen molar-refractivity contribution in [1.82, 2.24) is 0 Å². The Labute approximate surface area is 72.4 Å². The van der Waals surface area contributed by atoms with Crippen molar-refractivity contribution >= 4 is 21.4 Å². The summed E-state index contributed by atoms with van der Waals surface area (Å²) >= 11 is 1.34. The van der Waals surface area contributed by atoms with E-state index >= 15 is 0 Å². The Morgan fingerprint density at radius 1 is 1.33 bits per heavy atom. The molecular weight excluding hydrogens is 178 g/mol. The second kappa shape index (κ2) is 2.52. The van der Waals surface area contributed by atoms with Gasteiger partial charge in [-0.15, -0.1) is 11.3 Å². The van der Waals surface area contributed by atoms with Crippen molar-refractivity contribution in [3.63, 3.8) is 0 Å². The quantitative estimate of drug-likeness (QED) is 0.588. The molecule has 0 radical (unpaired) electrons. The van der Waals surface area contributed by atoms with Gasteiger partial charge in [-0.2, -0.15) is 0 Å². The van der Waals surface area contributed by atoms with Crippen LogP contribution in [0.5, 0.6) is 0 Å². The average molecular weight is 184 g/mol. The fraction of sp³-hybridized carbons (Fsp3) is 0.111. The van der Waals surface area contributed by atoms with Crippen molar-refractivity contribution in [1.29, 1.82) is 0 Å². The first-order valence-corrected chi connectivity index (χ1v) is 4.40. The normalized spacial score (nSPS) is 10.9. The molecule has 0 unspecified atom stereocenters. The highest BCUT2D eigenvalue weighted by Crippen LogP contribution is 2.27. The summed E-state index contributed by atoms with van der Waals surface area (Å²) in [6.45, 7) is 1.45. The van der Waals surface area contributed by atoms with Gasteiger partial charge in [0.05, 0.1) is 0 Å². The van der Waals surface area contributed by atoms with E-state index in [1.165, 1.54) is 24.3 Å². The maximum atomic E-state index is 13.3. The van der Waals surface area contributed by atoms with E-state index < -0.39 is 11.6 Å². The predicted octanol–water partition coefficient (Wildman–Crippen LogP) is 3.49. The summed E-state index contributed by atoms with van der Waals surface area (Å²) < 4.78 is 26.9. The van der Waals surface area contributed by atoms with Crippen molar-refractivity contribution in [2.45, 2.75) is 6.92 Å². The highest BCUT2D eigenvalue weighted by atomic mass is 32.1. The summed E-state index contributed by atoms with van der Waals surface area (Å²) in [5, 5.41) is 2.27. The smallest absolute Gasteiger partial charge is 0.137 e. The third-order valence-corrected chi connectivity index (χ3v) is 2.74. The highest BCUT2D eigenvalue weighted by molar-refractivity contribution is 7.17. The second-order valence-electron chi connectivity index (χ2n) is 2.63. The fourth-order valence-electron chi connectivity index (χ4n) is 1.14. The third-order valence-electron chi connectivity index (χ3n) is 1.88. The largest absolute Gasteiger partial charge is 0.207 e. The Bertz CT molecular complexity index is 431. The summed E-state index contributed by atoms with van der Waals surface area (Å²) in [5.74, 6) is -0.909. The molecule has 0 amide bonds. The molecule has 0 saturated carbocycles. The van der Waals surface area contributed by atoms with Gasteiger partial charge in [-0.25, -0.2) is 8.78 Å². The van der Waals surface area contributed by atoms with Crippen LogP contribution >= 0.6 is 11.3 Å². The van der Waals surface area contributed by atoms with E-state index in [4.69, 9.17) is 0 Å². The lowest BCUT2D eigenvalue weighted by Crippen LogP contribution is -1.87. The summed E-state index contributed by atoms with van der Waals surface area (Å²) in [4.78, 5) is 0. The van der Waals surface area contributed by atoms with Crippen LogP contribution in [0.25, 0.3) is 10.1 Å². The van der Waals surface area contributed by atoms with Gasteiger partial charge in [0, 0.05) is 15.6 Å². The first kappa shape index (κ1) is 7.68. The second-order valence-corrected chi connectivity index (χ2v) is 3.58. The molecule has 12 heavy (non-hydrogen) atoms. The zero-order chi connectivity index (χ0) is 8.72. The maximum absolute atomic E-state index is 13.3. The molecule has 0 aliphatic heterocycles. The molecule has 62 valence electrons. The molecule has 1 aromatic heterocycles. The highest BCUT2D eigenvalue weighted by Gasteiger charge is 2.09. The lowest BCUT2D eigenvalue weighted by atomic mass is 10.1. The molecule has 0 nitrogen and oxygen atoms in total. The lowest BCUT2D eigenvalue weighted by Gasteiger charge is -1.98. The van der Waals surface area contributed by atoms with Gasteiger partial charge in [0.25, 0.3) is 0 Å². The van der Waals surface area contributed by atoms with Crippen molar-refractivity contribution in [3.8, 4) is 0 Å². The molecule has 0 spiro atoms. The molecule has 3 heteroatoms. The number of halogens is 2. The van der Waals surface area contributed by atoms with Gasteiger partial charge in [0.15, 0.2) is 0 Å². The molecule has 2 rings (SSSR count). The third kappa shape index (κ3) is 0.932. The van der Waals surface area contributed by atoms with Gasteiger partial charge in [0.1, 0.15) is 11.6 Å². The van der Waals surface area contributed by atoms with Crippen molar-refractivity contribution in [2.24, 2.45) is 0 Å². The topological polar surface area (TPSA) is 0 Å². The number of thiophene rings is 1. The molecule has 0 aliphatic rings. The van der Waals surface area contributed by atoms with Crippen LogP contribution in [-0.2, 0) is 0 Å². The zero-order valence-electron chi connectivity index (χ0n) is 6.40. The Morgan fingerprint density at radius 2 is 2.08 bits per heavy atom. The number of rotatable bonds is 0. The van der Waals surface area contributed by atoms with E-state index in [2.05, 4.69) is 0 Å². The fourth-order valence-corrected chi connectivity index (χ4v) is 1.95. The van der Waals surface area contributed by atoms with Crippen LogP contribution in [0.2, 0.25) is 0 Å². The van der Waals surface area contributed by atoms with Gasteiger partial charge in [-0.05, 0) is 24.4 Å². The first-order valence-electron chi connectivity index (χ1n) is 3.52. The van der Waals surface area contributed by atoms with Crippen molar-refractivity contribution in [2.75, 3.05) is 0 Å². The molecule has 0 aliphatic carbocycles. The molecule has 0 N–H and O–H groups in total. The maximum Gasteiger partial charge on any atom is 0.137 e. The number of hydrogen-bond acceptors (Lipinski definition) is 1. The Hall–Kier alpha value is -0.960. The molecule has 1 aromatic carbocycles. The molecule has 0 atom stereocenters. The monoisotopic (exact) mass is 184 g/mol. The molecular formula is C9H6F2S. The van der Waals surface area contributed by atoms with Crippen LogP contribution in [0.3, 0.4) is 0 Å². The van der Waals surface area contributed by atoms with E-state index in [9.17, 15) is 8.78 Å². The Kier molecular flexibility index (Phi) is 1.61. The summed E-state index contributed by atoms with van der Waals surface area (Å²) in [7, 11) is 0. The van der Waals surface area contributed by atoms with Crippen LogP contribution in [0, 0.1) is 18.6 Å². The molecule has 2 aromatic rings. The Balaban J connectivity index is 2.94. The van der Waals surface area contributed by atoms with Crippen LogP contribution in [-0.4, -0.2) is 0 Å². The van der Waals surface area contributed by atoms with Gasteiger partial charge < -0.3 is 0 Å².